The van der Waals surface area contributed by atoms with Gasteiger partial charge in [0, 0.05) is 6.61 Å². The van der Waals surface area contributed by atoms with Crippen molar-refractivity contribution in [3.8, 4) is 0 Å². The summed E-state index contributed by atoms with van der Waals surface area (Å²) in [5, 5.41) is 17.8. The topological polar surface area (TPSA) is 205 Å². The van der Waals surface area contributed by atoms with E-state index in [2.05, 4.69) is 6.92 Å². The van der Waals surface area contributed by atoms with Gasteiger partial charge in [0.2, 0.25) is 0 Å². The summed E-state index contributed by atoms with van der Waals surface area (Å²) in [6.07, 6.45) is 12.3. The van der Waals surface area contributed by atoms with E-state index in [0.717, 1.165) is 13.0 Å². The van der Waals surface area contributed by atoms with Crippen molar-refractivity contribution in [1.29, 1.82) is 0 Å². The van der Waals surface area contributed by atoms with Crippen molar-refractivity contribution < 1.29 is 90.8 Å². The van der Waals surface area contributed by atoms with Crippen LogP contribution in [0, 0.1) is 0 Å². The summed E-state index contributed by atoms with van der Waals surface area (Å²) in [7, 11) is 0. The molecule has 0 saturated heterocycles. The molecule has 19 heteroatoms. The Balaban J connectivity index is 3.09. The molecule has 65 heavy (non-hydrogen) atoms. The van der Waals surface area contributed by atoms with Crippen LogP contribution in [0.4, 0.5) is 0 Å². The second-order valence-electron chi connectivity index (χ2n) is 14.6. The van der Waals surface area contributed by atoms with Crippen molar-refractivity contribution in [3.63, 3.8) is 0 Å². The molecule has 0 spiro atoms. The fourth-order valence-electron chi connectivity index (χ4n) is 5.34. The highest BCUT2D eigenvalue weighted by Gasteiger charge is 2.07. The lowest BCUT2D eigenvalue weighted by Crippen LogP contribution is -2.22. The van der Waals surface area contributed by atoms with Gasteiger partial charge in [0.15, 0.2) is 0 Å². The van der Waals surface area contributed by atoms with Crippen LogP contribution in [0.2, 0.25) is 0 Å². The van der Waals surface area contributed by atoms with Crippen LogP contribution in [-0.4, -0.2) is 234 Å². The largest absolute Gasteiger partial charge is 0.463 e. The zero-order chi connectivity index (χ0) is 46.9. The van der Waals surface area contributed by atoms with E-state index in [4.69, 9.17) is 86.0 Å². The minimum atomic E-state index is -1.06. The van der Waals surface area contributed by atoms with E-state index < -0.39 is 18.7 Å². The zero-order valence-electron chi connectivity index (χ0n) is 40.3. The van der Waals surface area contributed by atoms with Gasteiger partial charge in [-0.1, -0.05) is 64.7 Å². The van der Waals surface area contributed by atoms with Crippen molar-refractivity contribution in [2.24, 2.45) is 0 Å². The van der Waals surface area contributed by atoms with Crippen LogP contribution in [0.5, 0.6) is 0 Å². The standard InChI is InChI=1S/C46H92O19/c1-2-3-4-5-6-7-8-9-10-11-13-50-15-17-52-19-21-54-23-25-56-27-29-58-31-33-60-35-37-62-39-41-64-42-40-63-38-36-61-34-32-59-30-28-57-26-24-55-22-20-53-18-16-51-14-12-46(49)65-44-45(48)43-47/h45,47-48H,2-44H2,1H3. The van der Waals surface area contributed by atoms with Crippen molar-refractivity contribution in [2.75, 3.05) is 211 Å². The summed E-state index contributed by atoms with van der Waals surface area (Å²) in [6, 6.07) is 0. The van der Waals surface area contributed by atoms with Gasteiger partial charge in [-0.25, -0.2) is 0 Å². The fourth-order valence-corrected chi connectivity index (χ4v) is 5.34. The number of carbonyl (C=O) groups is 1. The predicted octanol–water partition coefficient (Wildman–Crippen LogP) is 3.44. The number of hydrogen-bond donors (Lipinski definition) is 2. The van der Waals surface area contributed by atoms with E-state index >= 15 is 0 Å². The fraction of sp³-hybridized carbons (Fsp3) is 0.978. The third-order valence-corrected chi connectivity index (χ3v) is 8.95. The van der Waals surface area contributed by atoms with Gasteiger partial charge in [-0.05, 0) is 6.42 Å². The third-order valence-electron chi connectivity index (χ3n) is 8.95. The van der Waals surface area contributed by atoms with E-state index in [9.17, 15) is 4.79 Å². The molecule has 0 aliphatic rings. The summed E-state index contributed by atoms with van der Waals surface area (Å²) in [5.41, 5.74) is 0. The molecule has 0 aromatic rings. The Hall–Kier alpha value is -1.21. The number of esters is 1. The molecule has 2 N–H and O–H groups in total. The van der Waals surface area contributed by atoms with Crippen LogP contribution in [0.3, 0.4) is 0 Å². The Morgan fingerprint density at radius 2 is 0.538 bits per heavy atom. The van der Waals surface area contributed by atoms with Crippen LogP contribution in [0.15, 0.2) is 0 Å². The van der Waals surface area contributed by atoms with Gasteiger partial charge < -0.3 is 86.0 Å². The lowest BCUT2D eigenvalue weighted by Gasteiger charge is -2.09. The van der Waals surface area contributed by atoms with E-state index in [1.807, 2.05) is 0 Å². The van der Waals surface area contributed by atoms with E-state index in [1.165, 1.54) is 57.8 Å². The molecule has 0 aromatic heterocycles. The second-order valence-corrected chi connectivity index (χ2v) is 14.6. The maximum atomic E-state index is 11.4. The molecule has 390 valence electrons. The van der Waals surface area contributed by atoms with Gasteiger partial charge >= 0.3 is 5.97 Å². The van der Waals surface area contributed by atoms with E-state index in [0.29, 0.717) is 185 Å². The summed E-state index contributed by atoms with van der Waals surface area (Å²) >= 11 is 0. The highest BCUT2D eigenvalue weighted by atomic mass is 16.6. The summed E-state index contributed by atoms with van der Waals surface area (Å²) < 4.78 is 87.2. The SMILES string of the molecule is CCCCCCCCCCCCOCCOCCOCCOCCOCCOCCOCCOCCOCCOCCOCCOCCOCCOCCOCCC(=O)OCC(O)CO. The Morgan fingerprint density at radius 3 is 0.785 bits per heavy atom. The molecular formula is C46H92O19. The maximum absolute atomic E-state index is 11.4. The molecule has 0 amide bonds. The van der Waals surface area contributed by atoms with Gasteiger partial charge in [0.25, 0.3) is 0 Å². The van der Waals surface area contributed by atoms with Gasteiger partial charge in [0.05, 0.1) is 205 Å². The predicted molar refractivity (Wildman–Crippen MR) is 243 cm³/mol. The average Bonchev–Trinajstić information content (AvgIpc) is 3.32. The van der Waals surface area contributed by atoms with Crippen molar-refractivity contribution in [3.05, 3.63) is 0 Å². The molecule has 19 nitrogen and oxygen atoms in total. The number of rotatable bonds is 59. The lowest BCUT2D eigenvalue weighted by atomic mass is 10.1. The number of hydrogen-bond acceptors (Lipinski definition) is 19. The second kappa shape index (κ2) is 58.9. The monoisotopic (exact) mass is 949 g/mol. The first kappa shape index (κ1) is 63.8. The molecule has 0 aromatic carbocycles. The summed E-state index contributed by atoms with van der Waals surface area (Å²) in [4.78, 5) is 11.4. The van der Waals surface area contributed by atoms with Crippen molar-refractivity contribution >= 4 is 5.97 Å². The Morgan fingerprint density at radius 1 is 0.323 bits per heavy atom. The number of unbranched alkanes of at least 4 members (excludes halogenated alkanes) is 9. The van der Waals surface area contributed by atoms with Crippen LogP contribution in [0.1, 0.15) is 77.6 Å². The molecule has 0 aliphatic carbocycles. The molecule has 0 heterocycles. The van der Waals surface area contributed by atoms with E-state index in [-0.39, 0.29) is 19.6 Å². The first-order valence-corrected chi connectivity index (χ1v) is 24.3. The molecular weight excluding hydrogens is 856 g/mol. The number of carbonyl (C=O) groups excluding carboxylic acids is 1. The molecule has 0 saturated carbocycles. The van der Waals surface area contributed by atoms with Gasteiger partial charge in [0.1, 0.15) is 12.7 Å². The van der Waals surface area contributed by atoms with Gasteiger partial charge in [-0.3, -0.25) is 4.79 Å². The molecule has 0 aliphatic heterocycles. The average molecular weight is 949 g/mol. The minimum absolute atomic E-state index is 0.0635. The van der Waals surface area contributed by atoms with Crippen molar-refractivity contribution in [1.82, 2.24) is 0 Å². The lowest BCUT2D eigenvalue weighted by molar-refractivity contribution is -0.148. The van der Waals surface area contributed by atoms with Gasteiger partial charge in [-0.15, -0.1) is 0 Å². The number of ether oxygens (including phenoxy) is 16. The Labute approximate surface area is 391 Å². The highest BCUT2D eigenvalue weighted by Crippen LogP contribution is 2.10. The van der Waals surface area contributed by atoms with Crippen LogP contribution in [0.25, 0.3) is 0 Å². The summed E-state index contributed by atoms with van der Waals surface area (Å²) in [6.45, 7) is 16.3. The molecule has 1 unspecified atom stereocenters. The number of aliphatic hydroxyl groups is 2. The Kier molecular flexibility index (Phi) is 57.8. The normalized spacial score (nSPS) is 12.1. The van der Waals surface area contributed by atoms with Crippen LogP contribution in [-0.2, 0) is 80.6 Å². The number of aliphatic hydroxyl groups excluding tert-OH is 2. The molecule has 0 bridgehead atoms. The zero-order valence-corrected chi connectivity index (χ0v) is 40.3. The van der Waals surface area contributed by atoms with Crippen LogP contribution >= 0.6 is 0 Å². The first-order chi connectivity index (χ1) is 32.2. The van der Waals surface area contributed by atoms with Gasteiger partial charge in [-0.2, -0.15) is 0 Å². The molecule has 0 fully saturated rings. The van der Waals surface area contributed by atoms with Crippen LogP contribution < -0.4 is 0 Å². The van der Waals surface area contributed by atoms with Crippen molar-refractivity contribution in [2.45, 2.75) is 83.7 Å². The summed E-state index contributed by atoms with van der Waals surface area (Å²) in [5.74, 6) is -0.498. The highest BCUT2D eigenvalue weighted by molar-refractivity contribution is 5.69. The Bertz CT molecular complexity index is 881. The quantitative estimate of drug-likeness (QED) is 0.0662. The molecule has 0 rings (SSSR count). The molecule has 1 atom stereocenters. The van der Waals surface area contributed by atoms with E-state index in [1.54, 1.807) is 0 Å². The smallest absolute Gasteiger partial charge is 0.308 e. The third kappa shape index (κ3) is 58.9. The maximum Gasteiger partial charge on any atom is 0.308 e. The minimum Gasteiger partial charge on any atom is -0.463 e. The molecule has 0 radical (unpaired) electrons. The first-order valence-electron chi connectivity index (χ1n) is 24.3.